The van der Waals surface area contributed by atoms with Crippen molar-refractivity contribution in [2.45, 2.75) is 31.5 Å². The van der Waals surface area contributed by atoms with Gasteiger partial charge in [0.25, 0.3) is 5.91 Å². The van der Waals surface area contributed by atoms with Gasteiger partial charge in [0.1, 0.15) is 5.69 Å². The van der Waals surface area contributed by atoms with E-state index in [9.17, 15) is 23.1 Å². The second kappa shape index (κ2) is 5.14. The van der Waals surface area contributed by atoms with E-state index in [0.29, 0.717) is 13.0 Å². The third kappa shape index (κ3) is 3.23. The lowest BCUT2D eigenvalue weighted by Gasteiger charge is -2.37. The number of halogens is 3. The summed E-state index contributed by atoms with van der Waals surface area (Å²) in [6, 6.07) is 0.841. The molecule has 1 atom stereocenters. The number of anilines is 1. The van der Waals surface area contributed by atoms with Crippen LogP contribution in [0.4, 0.5) is 19.1 Å². The second-order valence-corrected chi connectivity index (χ2v) is 5.11. The second-order valence-electron chi connectivity index (χ2n) is 5.11. The molecule has 1 saturated heterocycles. The lowest BCUT2D eigenvalue weighted by atomic mass is 9.92. The Bertz CT molecular complexity index is 564. The molecule has 0 spiro atoms. The molecule has 0 saturated carbocycles. The van der Waals surface area contributed by atoms with Gasteiger partial charge in [-0.25, -0.2) is 9.97 Å². The molecule has 1 amide bonds. The number of rotatable bonds is 2. The fraction of sp³-hybridized carbons (Fsp3) is 0.583. The molecule has 0 aliphatic carbocycles. The van der Waals surface area contributed by atoms with E-state index in [-0.39, 0.29) is 24.6 Å². The predicted molar refractivity (Wildman–Crippen MR) is 67.4 cm³/mol. The molecule has 1 fully saturated rings. The maximum Gasteiger partial charge on any atom is 0.433 e. The van der Waals surface area contributed by atoms with Gasteiger partial charge in [0.05, 0.1) is 6.54 Å². The van der Waals surface area contributed by atoms with Crippen molar-refractivity contribution in [3.63, 3.8) is 0 Å². The van der Waals surface area contributed by atoms with Gasteiger partial charge in [-0.15, -0.1) is 0 Å². The number of piperidine rings is 1. The van der Waals surface area contributed by atoms with Gasteiger partial charge in [0, 0.05) is 12.2 Å². The summed E-state index contributed by atoms with van der Waals surface area (Å²) >= 11 is 0. The summed E-state index contributed by atoms with van der Waals surface area (Å²) in [5.74, 6) is -1.07. The number of carbonyl (C=O) groups is 1. The zero-order valence-corrected chi connectivity index (χ0v) is 11.3. The molecule has 1 aromatic rings. The van der Waals surface area contributed by atoms with Crippen LogP contribution in [0.15, 0.2) is 6.07 Å². The first-order chi connectivity index (χ1) is 9.62. The Labute approximate surface area is 118 Å². The van der Waals surface area contributed by atoms with Crippen LogP contribution in [0.5, 0.6) is 0 Å². The number of carbonyl (C=O) groups excluding carboxylic acids is 1. The molecule has 1 aliphatic heterocycles. The van der Waals surface area contributed by atoms with Gasteiger partial charge < -0.3 is 15.7 Å². The van der Waals surface area contributed by atoms with E-state index < -0.39 is 23.4 Å². The highest BCUT2D eigenvalue weighted by Crippen LogP contribution is 2.30. The zero-order valence-electron chi connectivity index (χ0n) is 11.3. The van der Waals surface area contributed by atoms with Gasteiger partial charge in [-0.05, 0) is 25.8 Å². The van der Waals surface area contributed by atoms with Gasteiger partial charge in [-0.2, -0.15) is 13.2 Å². The van der Waals surface area contributed by atoms with Crippen LogP contribution in [0.25, 0.3) is 0 Å². The van der Waals surface area contributed by atoms with E-state index in [4.69, 9.17) is 5.73 Å². The first-order valence-corrected chi connectivity index (χ1v) is 6.32. The van der Waals surface area contributed by atoms with Gasteiger partial charge in [0.2, 0.25) is 5.95 Å². The Kier molecular flexibility index (Phi) is 3.79. The highest BCUT2D eigenvalue weighted by Gasteiger charge is 2.40. The van der Waals surface area contributed by atoms with Gasteiger partial charge >= 0.3 is 6.18 Å². The molecule has 6 nitrogen and oxygen atoms in total. The standard InChI is InChI=1S/C12H15F3N4O2/c1-7-5-8(12(13,14)15)18-10(17-7)19-4-2-3-11(21,6-19)9(16)20/h5,21H,2-4,6H2,1H3,(H2,16,20)/t11-/m1/s1. The Hall–Kier alpha value is -1.90. The van der Waals surface area contributed by atoms with Gasteiger partial charge in [-0.3, -0.25) is 4.79 Å². The SMILES string of the molecule is Cc1cc(C(F)(F)F)nc(N2CCC[C@](O)(C(N)=O)C2)n1. The highest BCUT2D eigenvalue weighted by atomic mass is 19.4. The first-order valence-electron chi connectivity index (χ1n) is 6.32. The number of nitrogens with zero attached hydrogens (tertiary/aromatic N) is 3. The summed E-state index contributed by atoms with van der Waals surface area (Å²) in [6.07, 6.45) is -4.02. The van der Waals surface area contributed by atoms with E-state index in [2.05, 4.69) is 9.97 Å². The lowest BCUT2D eigenvalue weighted by Crippen LogP contribution is -2.56. The van der Waals surface area contributed by atoms with Crippen molar-refractivity contribution >= 4 is 11.9 Å². The van der Waals surface area contributed by atoms with Crippen molar-refractivity contribution in [2.75, 3.05) is 18.0 Å². The van der Waals surface area contributed by atoms with Crippen LogP contribution in [0.2, 0.25) is 0 Å². The van der Waals surface area contributed by atoms with E-state index in [0.717, 1.165) is 6.07 Å². The number of β-amino-alcohol motifs (C(OH)–C–C–N with tert-alkyl or cyclic N) is 1. The van der Waals surface area contributed by atoms with E-state index in [1.807, 2.05) is 0 Å². The largest absolute Gasteiger partial charge is 0.433 e. The quantitative estimate of drug-likeness (QED) is 0.835. The summed E-state index contributed by atoms with van der Waals surface area (Å²) < 4.78 is 38.3. The molecule has 0 aromatic carbocycles. The maximum absolute atomic E-state index is 12.8. The van der Waals surface area contributed by atoms with Crippen molar-refractivity contribution < 1.29 is 23.1 Å². The number of nitrogens with two attached hydrogens (primary N) is 1. The molecular formula is C12H15F3N4O2. The van der Waals surface area contributed by atoms with E-state index in [1.165, 1.54) is 11.8 Å². The van der Waals surface area contributed by atoms with Crippen molar-refractivity contribution in [3.8, 4) is 0 Å². The fourth-order valence-corrected chi connectivity index (χ4v) is 2.25. The van der Waals surface area contributed by atoms with Crippen LogP contribution in [0.3, 0.4) is 0 Å². The smallest absolute Gasteiger partial charge is 0.378 e. The molecular weight excluding hydrogens is 289 g/mol. The summed E-state index contributed by atoms with van der Waals surface area (Å²) in [5, 5.41) is 10.1. The number of aryl methyl sites for hydroxylation is 1. The molecule has 9 heteroatoms. The summed E-state index contributed by atoms with van der Waals surface area (Å²) in [5.41, 5.74) is 2.46. The Balaban J connectivity index is 2.34. The molecule has 116 valence electrons. The van der Waals surface area contributed by atoms with Crippen LogP contribution in [0, 0.1) is 6.92 Å². The molecule has 1 aliphatic rings. The number of hydrogen-bond donors (Lipinski definition) is 2. The van der Waals surface area contributed by atoms with E-state index in [1.54, 1.807) is 0 Å². The molecule has 3 N–H and O–H groups in total. The molecule has 21 heavy (non-hydrogen) atoms. The molecule has 0 unspecified atom stereocenters. The average molecular weight is 304 g/mol. The molecule has 2 rings (SSSR count). The lowest BCUT2D eigenvalue weighted by molar-refractivity contribution is -0.141. The fourth-order valence-electron chi connectivity index (χ4n) is 2.25. The summed E-state index contributed by atoms with van der Waals surface area (Å²) in [7, 11) is 0. The number of primary amides is 1. The number of hydrogen-bond acceptors (Lipinski definition) is 5. The van der Waals surface area contributed by atoms with Crippen LogP contribution in [-0.4, -0.2) is 39.7 Å². The van der Waals surface area contributed by atoms with Crippen LogP contribution in [0.1, 0.15) is 24.2 Å². The number of amides is 1. The molecule has 1 aromatic heterocycles. The number of aromatic nitrogens is 2. The van der Waals surface area contributed by atoms with Crippen LogP contribution < -0.4 is 10.6 Å². The third-order valence-corrected chi connectivity index (χ3v) is 3.35. The van der Waals surface area contributed by atoms with Crippen molar-refractivity contribution in [3.05, 3.63) is 17.5 Å². The van der Waals surface area contributed by atoms with Gasteiger partial charge in [-0.1, -0.05) is 0 Å². The Morgan fingerprint density at radius 1 is 1.48 bits per heavy atom. The maximum atomic E-state index is 12.8. The Morgan fingerprint density at radius 3 is 2.71 bits per heavy atom. The normalized spacial score (nSPS) is 23.2. The molecule has 0 bridgehead atoms. The monoisotopic (exact) mass is 304 g/mol. The number of aliphatic hydroxyl groups is 1. The average Bonchev–Trinajstić information content (AvgIpc) is 2.37. The minimum atomic E-state index is -4.59. The minimum absolute atomic E-state index is 0.153. The van der Waals surface area contributed by atoms with Crippen molar-refractivity contribution in [1.82, 2.24) is 9.97 Å². The van der Waals surface area contributed by atoms with Crippen molar-refractivity contribution in [2.24, 2.45) is 5.73 Å². The van der Waals surface area contributed by atoms with Gasteiger partial charge in [0.15, 0.2) is 5.60 Å². The zero-order chi connectivity index (χ0) is 15.8. The van der Waals surface area contributed by atoms with Crippen LogP contribution >= 0.6 is 0 Å². The predicted octanol–water partition coefficient (Wildman–Crippen LogP) is 0.620. The van der Waals surface area contributed by atoms with Crippen molar-refractivity contribution in [1.29, 1.82) is 0 Å². The third-order valence-electron chi connectivity index (χ3n) is 3.35. The van der Waals surface area contributed by atoms with E-state index >= 15 is 0 Å². The summed E-state index contributed by atoms with van der Waals surface area (Å²) in [6.45, 7) is 1.55. The number of alkyl halides is 3. The van der Waals surface area contributed by atoms with Crippen LogP contribution in [-0.2, 0) is 11.0 Å². The molecule has 2 heterocycles. The highest BCUT2D eigenvalue weighted by molar-refractivity contribution is 5.84. The topological polar surface area (TPSA) is 92.3 Å². The first kappa shape index (κ1) is 15.5. The minimum Gasteiger partial charge on any atom is -0.378 e. The molecule has 0 radical (unpaired) electrons. The Morgan fingerprint density at radius 2 is 2.14 bits per heavy atom. The summed E-state index contributed by atoms with van der Waals surface area (Å²) in [4.78, 5) is 20.0.